The van der Waals surface area contributed by atoms with E-state index in [0.717, 1.165) is 19.3 Å². The fourth-order valence-electron chi connectivity index (χ4n) is 3.40. The Kier molecular flexibility index (Phi) is 4.83. The van der Waals surface area contributed by atoms with E-state index in [1.54, 1.807) is 29.2 Å². The van der Waals surface area contributed by atoms with Gasteiger partial charge in [0, 0.05) is 13.1 Å². The summed E-state index contributed by atoms with van der Waals surface area (Å²) in [7, 11) is 0. The Labute approximate surface area is 141 Å². The Morgan fingerprint density at radius 1 is 1.25 bits per heavy atom. The van der Waals surface area contributed by atoms with Crippen LogP contribution >= 0.6 is 0 Å². The van der Waals surface area contributed by atoms with E-state index in [0.29, 0.717) is 30.8 Å². The molecule has 6 nitrogen and oxygen atoms in total. The normalized spacial score (nSPS) is 20.3. The fraction of sp³-hybridized carbons (Fsp3) is 0.500. The molecule has 2 heterocycles. The molecule has 0 aliphatic carbocycles. The molecule has 128 valence electrons. The van der Waals surface area contributed by atoms with Gasteiger partial charge in [-0.15, -0.1) is 0 Å². The second-order valence-electron chi connectivity index (χ2n) is 6.30. The zero-order chi connectivity index (χ0) is 17.1. The van der Waals surface area contributed by atoms with Gasteiger partial charge in [0.15, 0.2) is 0 Å². The number of para-hydroxylation sites is 1. The van der Waals surface area contributed by atoms with Gasteiger partial charge >= 0.3 is 0 Å². The molecule has 0 aromatic heterocycles. The number of carbonyl (C=O) groups is 3. The van der Waals surface area contributed by atoms with Gasteiger partial charge in [-0.1, -0.05) is 19.1 Å². The number of carbonyl (C=O) groups excluding carboxylic acids is 3. The van der Waals surface area contributed by atoms with Crippen molar-refractivity contribution in [2.24, 2.45) is 0 Å². The molecular weight excluding hydrogens is 306 g/mol. The molecule has 1 saturated heterocycles. The van der Waals surface area contributed by atoms with Crippen molar-refractivity contribution in [1.29, 1.82) is 0 Å². The fourth-order valence-corrected chi connectivity index (χ4v) is 3.40. The van der Waals surface area contributed by atoms with Crippen LogP contribution < -0.4 is 10.2 Å². The zero-order valence-corrected chi connectivity index (χ0v) is 14.0. The molecule has 24 heavy (non-hydrogen) atoms. The van der Waals surface area contributed by atoms with E-state index in [-0.39, 0.29) is 24.3 Å². The molecule has 1 atom stereocenters. The lowest BCUT2D eigenvalue weighted by Gasteiger charge is -2.34. The minimum absolute atomic E-state index is 0.0481. The molecule has 3 amide bonds. The first-order valence-corrected chi connectivity index (χ1v) is 8.61. The Morgan fingerprint density at radius 3 is 2.83 bits per heavy atom. The van der Waals surface area contributed by atoms with Crippen LogP contribution in [0.25, 0.3) is 0 Å². The van der Waals surface area contributed by atoms with E-state index in [1.165, 1.54) is 4.90 Å². The number of anilines is 1. The Hall–Kier alpha value is -2.37. The summed E-state index contributed by atoms with van der Waals surface area (Å²) in [6, 6.07) is 6.61. The number of nitrogens with one attached hydrogen (secondary N) is 1. The highest BCUT2D eigenvalue weighted by Gasteiger charge is 2.40. The molecular formula is C18H23N3O3. The summed E-state index contributed by atoms with van der Waals surface area (Å²) in [6.07, 6.45) is 3.33. The van der Waals surface area contributed by atoms with Crippen LogP contribution in [0.1, 0.15) is 43.0 Å². The molecule has 1 fully saturated rings. The monoisotopic (exact) mass is 329 g/mol. The largest absolute Gasteiger partial charge is 0.355 e. The number of piperidine rings is 1. The SMILES string of the molecule is CCCNC(=O)CN1C(=O)C2CCCCN2C(=O)c2ccccc21. The summed E-state index contributed by atoms with van der Waals surface area (Å²) in [5.41, 5.74) is 1.03. The second kappa shape index (κ2) is 7.03. The molecule has 3 rings (SSSR count). The minimum atomic E-state index is -0.461. The van der Waals surface area contributed by atoms with Gasteiger partial charge in [0.25, 0.3) is 5.91 Å². The van der Waals surface area contributed by atoms with Crippen LogP contribution in [0.15, 0.2) is 24.3 Å². The number of rotatable bonds is 4. The number of hydrogen-bond acceptors (Lipinski definition) is 3. The number of benzene rings is 1. The molecule has 1 N–H and O–H groups in total. The molecule has 2 aliphatic rings. The van der Waals surface area contributed by atoms with Gasteiger partial charge in [-0.05, 0) is 37.8 Å². The molecule has 1 aromatic carbocycles. The van der Waals surface area contributed by atoms with E-state index in [1.807, 2.05) is 6.92 Å². The third-order valence-electron chi connectivity index (χ3n) is 4.61. The average Bonchev–Trinajstić information content (AvgIpc) is 2.70. The third-order valence-corrected chi connectivity index (χ3v) is 4.61. The summed E-state index contributed by atoms with van der Waals surface area (Å²) in [5, 5.41) is 2.80. The summed E-state index contributed by atoms with van der Waals surface area (Å²) >= 11 is 0. The lowest BCUT2D eigenvalue weighted by molar-refractivity contribution is -0.126. The highest BCUT2D eigenvalue weighted by molar-refractivity contribution is 6.12. The van der Waals surface area contributed by atoms with E-state index in [4.69, 9.17) is 0 Å². The standard InChI is InChI=1S/C18H23N3O3/c1-2-10-19-16(22)12-21-14-8-4-3-7-13(14)17(23)20-11-6-5-9-15(20)18(21)24/h3-4,7-8,15H,2,5-6,9-12H2,1H3,(H,19,22). The Bertz CT molecular complexity index is 659. The van der Waals surface area contributed by atoms with Crippen LogP contribution in [-0.4, -0.2) is 48.3 Å². The Morgan fingerprint density at radius 2 is 2.04 bits per heavy atom. The maximum absolute atomic E-state index is 13.0. The van der Waals surface area contributed by atoms with E-state index >= 15 is 0 Å². The van der Waals surface area contributed by atoms with E-state index in [9.17, 15) is 14.4 Å². The topological polar surface area (TPSA) is 69.7 Å². The molecule has 0 spiro atoms. The van der Waals surface area contributed by atoms with E-state index < -0.39 is 6.04 Å². The van der Waals surface area contributed by atoms with Gasteiger partial charge in [-0.2, -0.15) is 0 Å². The maximum Gasteiger partial charge on any atom is 0.256 e. The van der Waals surface area contributed by atoms with Gasteiger partial charge in [0.2, 0.25) is 11.8 Å². The number of fused-ring (bicyclic) bond motifs is 2. The first-order valence-electron chi connectivity index (χ1n) is 8.61. The van der Waals surface area contributed by atoms with Crippen LogP contribution in [0.2, 0.25) is 0 Å². The van der Waals surface area contributed by atoms with Crippen molar-refractivity contribution in [2.75, 3.05) is 24.5 Å². The van der Waals surface area contributed by atoms with Crippen LogP contribution in [0.4, 0.5) is 5.69 Å². The lowest BCUT2D eigenvalue weighted by Crippen LogP contribution is -2.52. The minimum Gasteiger partial charge on any atom is -0.355 e. The van der Waals surface area contributed by atoms with Crippen LogP contribution in [0.3, 0.4) is 0 Å². The van der Waals surface area contributed by atoms with Gasteiger partial charge in [-0.25, -0.2) is 0 Å². The van der Waals surface area contributed by atoms with Crippen molar-refractivity contribution < 1.29 is 14.4 Å². The zero-order valence-electron chi connectivity index (χ0n) is 14.0. The summed E-state index contributed by atoms with van der Waals surface area (Å²) in [5.74, 6) is -0.462. The number of hydrogen-bond donors (Lipinski definition) is 1. The lowest BCUT2D eigenvalue weighted by atomic mass is 10.0. The van der Waals surface area contributed by atoms with Gasteiger partial charge < -0.3 is 15.1 Å². The molecule has 1 unspecified atom stereocenters. The van der Waals surface area contributed by atoms with Crippen molar-refractivity contribution >= 4 is 23.4 Å². The smallest absolute Gasteiger partial charge is 0.256 e. The highest BCUT2D eigenvalue weighted by Crippen LogP contribution is 2.31. The number of nitrogens with zero attached hydrogens (tertiary/aromatic N) is 2. The predicted octanol–water partition coefficient (Wildman–Crippen LogP) is 1.55. The van der Waals surface area contributed by atoms with Crippen molar-refractivity contribution in [2.45, 2.75) is 38.6 Å². The first kappa shape index (κ1) is 16.5. The third kappa shape index (κ3) is 3.00. The predicted molar refractivity (Wildman–Crippen MR) is 90.8 cm³/mol. The molecule has 0 saturated carbocycles. The number of amides is 3. The first-order chi connectivity index (χ1) is 11.6. The molecule has 0 bridgehead atoms. The average molecular weight is 329 g/mol. The van der Waals surface area contributed by atoms with Crippen LogP contribution in [0.5, 0.6) is 0 Å². The van der Waals surface area contributed by atoms with Crippen molar-refractivity contribution in [3.05, 3.63) is 29.8 Å². The maximum atomic E-state index is 13.0. The van der Waals surface area contributed by atoms with Crippen molar-refractivity contribution in [3.8, 4) is 0 Å². The van der Waals surface area contributed by atoms with Crippen LogP contribution in [0, 0.1) is 0 Å². The van der Waals surface area contributed by atoms with Crippen molar-refractivity contribution in [3.63, 3.8) is 0 Å². The molecule has 2 aliphatic heterocycles. The van der Waals surface area contributed by atoms with Crippen LogP contribution in [-0.2, 0) is 9.59 Å². The van der Waals surface area contributed by atoms with Gasteiger partial charge in [-0.3, -0.25) is 14.4 Å². The van der Waals surface area contributed by atoms with E-state index in [2.05, 4.69) is 5.32 Å². The highest BCUT2D eigenvalue weighted by atomic mass is 16.2. The van der Waals surface area contributed by atoms with Gasteiger partial charge in [0.05, 0.1) is 11.3 Å². The van der Waals surface area contributed by atoms with Crippen molar-refractivity contribution in [1.82, 2.24) is 10.2 Å². The molecule has 6 heteroatoms. The molecule has 0 radical (unpaired) electrons. The second-order valence-corrected chi connectivity index (χ2v) is 6.30. The summed E-state index contributed by atoms with van der Waals surface area (Å²) < 4.78 is 0. The Balaban J connectivity index is 1.96. The summed E-state index contributed by atoms with van der Waals surface area (Å²) in [4.78, 5) is 41.2. The van der Waals surface area contributed by atoms with Gasteiger partial charge in [0.1, 0.15) is 12.6 Å². The summed E-state index contributed by atoms with van der Waals surface area (Å²) in [6.45, 7) is 3.11. The molecule has 1 aromatic rings. The quantitative estimate of drug-likeness (QED) is 0.911.